The number of hydrogen-bond acceptors (Lipinski definition) is 0. The largest absolute Gasteiger partial charge is 0.344 e. The van der Waals surface area contributed by atoms with Crippen LogP contribution in [-0.4, -0.2) is 10.4 Å². The highest BCUT2D eigenvalue weighted by molar-refractivity contribution is 9.10. The summed E-state index contributed by atoms with van der Waals surface area (Å²) in [4.78, 5) is 0. The molecule has 0 spiro atoms. The molecule has 0 aliphatic rings. The normalized spacial score (nSPS) is 11.1. The van der Waals surface area contributed by atoms with E-state index in [1.54, 1.807) is 0 Å². The number of alkyl halides is 1. The Kier molecular flexibility index (Phi) is 3.37. The number of hydrogen-bond donors (Lipinski definition) is 0. The molecule has 2 rings (SSSR count). The smallest absolute Gasteiger partial charge is 0.0494 e. The van der Waals surface area contributed by atoms with Crippen LogP contribution in [0.1, 0.15) is 12.1 Å². The molecule has 0 atom stereocenters. The van der Waals surface area contributed by atoms with Crippen LogP contribution in [-0.2, 0) is 6.54 Å². The fraction of sp³-hybridized carbons (Fsp3) is 0.333. The molecule has 0 aliphatic carbocycles. The van der Waals surface area contributed by atoms with Gasteiger partial charge in [0.1, 0.15) is 0 Å². The fourth-order valence-electron chi connectivity index (χ4n) is 1.89. The summed E-state index contributed by atoms with van der Waals surface area (Å²) < 4.78 is 3.52. The summed E-state index contributed by atoms with van der Waals surface area (Å²) in [5.74, 6) is 0.712. The molecule has 0 radical (unpaired) electrons. The third-order valence-corrected chi connectivity index (χ3v) is 3.94. The minimum absolute atomic E-state index is 0.712. The van der Waals surface area contributed by atoms with E-state index in [1.807, 2.05) is 0 Å². The van der Waals surface area contributed by atoms with Crippen LogP contribution in [0.15, 0.2) is 28.7 Å². The second-order valence-electron chi connectivity index (χ2n) is 3.61. The molecule has 0 fully saturated rings. The van der Waals surface area contributed by atoms with Crippen molar-refractivity contribution >= 4 is 38.4 Å². The topological polar surface area (TPSA) is 4.93 Å². The minimum atomic E-state index is 0.712. The maximum atomic E-state index is 5.74. The first-order valence-corrected chi connectivity index (χ1v) is 6.37. The Bertz CT molecular complexity index is 476. The summed E-state index contributed by atoms with van der Waals surface area (Å²) in [5.41, 5.74) is 2.56. The van der Waals surface area contributed by atoms with Gasteiger partial charge in [0.15, 0.2) is 0 Å². The quantitative estimate of drug-likeness (QED) is 0.740. The van der Waals surface area contributed by atoms with Gasteiger partial charge in [-0.25, -0.2) is 0 Å². The monoisotopic (exact) mass is 285 g/mol. The van der Waals surface area contributed by atoms with E-state index in [0.717, 1.165) is 13.0 Å². The zero-order valence-corrected chi connectivity index (χ0v) is 11.0. The molecule has 0 saturated heterocycles. The van der Waals surface area contributed by atoms with E-state index in [0.29, 0.717) is 5.88 Å². The van der Waals surface area contributed by atoms with Crippen molar-refractivity contribution in [3.05, 3.63) is 34.4 Å². The van der Waals surface area contributed by atoms with E-state index in [9.17, 15) is 0 Å². The number of rotatable bonds is 3. The number of halogens is 2. The average molecular weight is 287 g/mol. The first-order chi connectivity index (χ1) is 7.25. The molecule has 15 heavy (non-hydrogen) atoms. The number of fused-ring (bicyclic) bond motifs is 1. The molecule has 0 saturated carbocycles. The summed E-state index contributed by atoms with van der Waals surface area (Å²) in [6.07, 6.45) is 1.01. The zero-order chi connectivity index (χ0) is 10.8. The average Bonchev–Trinajstić information content (AvgIpc) is 2.51. The number of aromatic nitrogens is 1. The van der Waals surface area contributed by atoms with Crippen LogP contribution in [0.5, 0.6) is 0 Å². The molecule has 1 aromatic heterocycles. The molecule has 0 N–H and O–H groups in total. The lowest BCUT2D eigenvalue weighted by atomic mass is 10.2. The van der Waals surface area contributed by atoms with Crippen molar-refractivity contribution in [1.29, 1.82) is 0 Å². The van der Waals surface area contributed by atoms with Gasteiger partial charge >= 0.3 is 0 Å². The van der Waals surface area contributed by atoms with Crippen molar-refractivity contribution in [2.45, 2.75) is 19.9 Å². The van der Waals surface area contributed by atoms with E-state index in [-0.39, 0.29) is 0 Å². The summed E-state index contributed by atoms with van der Waals surface area (Å²) in [5, 5.41) is 1.28. The molecule has 0 bridgehead atoms. The second kappa shape index (κ2) is 4.58. The standard InChI is InChI=1S/C12H13BrClN/c1-9-12(13)10-5-2-3-6-11(10)15(9)8-4-7-14/h2-3,5-6H,4,7-8H2,1H3. The van der Waals surface area contributed by atoms with Gasteiger partial charge in [-0.3, -0.25) is 0 Å². The van der Waals surface area contributed by atoms with Crippen molar-refractivity contribution < 1.29 is 0 Å². The Morgan fingerprint density at radius 1 is 1.33 bits per heavy atom. The maximum absolute atomic E-state index is 5.74. The summed E-state index contributed by atoms with van der Waals surface area (Å²) in [6, 6.07) is 8.44. The van der Waals surface area contributed by atoms with E-state index in [2.05, 4.69) is 51.7 Å². The molecular formula is C12H13BrClN. The molecule has 80 valence electrons. The minimum Gasteiger partial charge on any atom is -0.344 e. The molecular weight excluding hydrogens is 273 g/mol. The van der Waals surface area contributed by atoms with Crippen molar-refractivity contribution in [3.8, 4) is 0 Å². The molecule has 1 heterocycles. The predicted octanol–water partition coefficient (Wildman–Crippen LogP) is 4.34. The van der Waals surface area contributed by atoms with Crippen LogP contribution in [0.3, 0.4) is 0 Å². The van der Waals surface area contributed by atoms with Crippen molar-refractivity contribution in [2.75, 3.05) is 5.88 Å². The molecule has 3 heteroatoms. The Hall–Kier alpha value is -0.470. The SMILES string of the molecule is Cc1c(Br)c2ccccc2n1CCCCl. The van der Waals surface area contributed by atoms with Crippen molar-refractivity contribution in [3.63, 3.8) is 0 Å². The highest BCUT2D eigenvalue weighted by Gasteiger charge is 2.10. The Balaban J connectivity index is 2.56. The molecule has 2 aromatic rings. The molecule has 0 unspecified atom stereocenters. The molecule has 0 amide bonds. The van der Waals surface area contributed by atoms with Crippen LogP contribution in [0.2, 0.25) is 0 Å². The van der Waals surface area contributed by atoms with Gasteiger partial charge in [-0.15, -0.1) is 11.6 Å². The van der Waals surface area contributed by atoms with Crippen LogP contribution >= 0.6 is 27.5 Å². The van der Waals surface area contributed by atoms with E-state index >= 15 is 0 Å². The zero-order valence-electron chi connectivity index (χ0n) is 8.63. The third-order valence-electron chi connectivity index (χ3n) is 2.67. The van der Waals surface area contributed by atoms with Gasteiger partial charge in [0.25, 0.3) is 0 Å². The molecule has 1 aromatic carbocycles. The van der Waals surface area contributed by atoms with E-state index < -0.39 is 0 Å². The number of nitrogens with zero attached hydrogens (tertiary/aromatic N) is 1. The van der Waals surface area contributed by atoms with Crippen LogP contribution in [0.4, 0.5) is 0 Å². The fourth-order valence-corrected chi connectivity index (χ4v) is 2.56. The lowest BCUT2D eigenvalue weighted by Gasteiger charge is -2.06. The van der Waals surface area contributed by atoms with Crippen LogP contribution in [0.25, 0.3) is 10.9 Å². The lowest BCUT2D eigenvalue weighted by Crippen LogP contribution is -2.00. The first kappa shape index (κ1) is 11.0. The summed E-state index contributed by atoms with van der Waals surface area (Å²) in [6.45, 7) is 3.12. The first-order valence-electron chi connectivity index (χ1n) is 5.05. The third kappa shape index (κ3) is 1.93. The number of para-hydroxylation sites is 1. The predicted molar refractivity (Wildman–Crippen MR) is 69.7 cm³/mol. The highest BCUT2D eigenvalue weighted by atomic mass is 79.9. The van der Waals surface area contributed by atoms with Gasteiger partial charge in [0, 0.05) is 33.5 Å². The van der Waals surface area contributed by atoms with Gasteiger partial charge < -0.3 is 4.57 Å². The summed E-state index contributed by atoms with van der Waals surface area (Å²) in [7, 11) is 0. The summed E-state index contributed by atoms with van der Waals surface area (Å²) >= 11 is 9.38. The van der Waals surface area contributed by atoms with Crippen molar-refractivity contribution in [1.82, 2.24) is 4.57 Å². The van der Waals surface area contributed by atoms with Gasteiger partial charge in [-0.05, 0) is 35.3 Å². The van der Waals surface area contributed by atoms with Gasteiger partial charge in [-0.1, -0.05) is 18.2 Å². The number of aryl methyl sites for hydroxylation is 1. The van der Waals surface area contributed by atoms with Crippen LogP contribution < -0.4 is 0 Å². The van der Waals surface area contributed by atoms with Crippen LogP contribution in [0, 0.1) is 6.92 Å². The molecule has 1 nitrogen and oxygen atoms in total. The van der Waals surface area contributed by atoms with E-state index in [1.165, 1.54) is 21.1 Å². The Morgan fingerprint density at radius 2 is 2.07 bits per heavy atom. The van der Waals surface area contributed by atoms with E-state index in [4.69, 9.17) is 11.6 Å². The lowest BCUT2D eigenvalue weighted by molar-refractivity contribution is 0.688. The molecule has 0 aliphatic heterocycles. The van der Waals surface area contributed by atoms with Gasteiger partial charge in [-0.2, -0.15) is 0 Å². The van der Waals surface area contributed by atoms with Gasteiger partial charge in [0.05, 0.1) is 0 Å². The van der Waals surface area contributed by atoms with Crippen molar-refractivity contribution in [2.24, 2.45) is 0 Å². The highest BCUT2D eigenvalue weighted by Crippen LogP contribution is 2.30. The van der Waals surface area contributed by atoms with Gasteiger partial charge in [0.2, 0.25) is 0 Å². The number of benzene rings is 1. The Labute approximate surface area is 103 Å². The Morgan fingerprint density at radius 3 is 2.80 bits per heavy atom. The maximum Gasteiger partial charge on any atom is 0.0494 e. The second-order valence-corrected chi connectivity index (χ2v) is 4.78.